The zero-order valence-electron chi connectivity index (χ0n) is 65.4. The molecule has 0 radical (unpaired) electrons. The number of carbonyl (C=O) groups is 4. The first-order valence-electron chi connectivity index (χ1n) is 40.8. The van der Waals surface area contributed by atoms with Crippen LogP contribution in [0.3, 0.4) is 0 Å². The van der Waals surface area contributed by atoms with E-state index in [0.717, 1.165) is 205 Å². The molecule has 0 fully saturated rings. The number of allylic oxidation sites excluding steroid dienone is 20. The molecule has 0 amide bonds. The van der Waals surface area contributed by atoms with Gasteiger partial charge in [-0.1, -0.05) is 278 Å². The molecule has 0 spiro atoms. The number of unbranched alkanes of at least 4 members (excludes halogenated alkanes) is 30. The summed E-state index contributed by atoms with van der Waals surface area (Å²) in [5.41, 5.74) is 0. The van der Waals surface area contributed by atoms with Gasteiger partial charge in [-0.25, -0.2) is 9.13 Å². The zero-order valence-corrected chi connectivity index (χ0v) is 67.2. The Morgan fingerprint density at radius 1 is 0.279 bits per heavy atom. The number of aliphatic hydroxyl groups is 1. The molecular formula is C85H146O17P2. The Bertz CT molecular complexity index is 2440. The quantitative estimate of drug-likeness (QED) is 0.0169. The van der Waals surface area contributed by atoms with E-state index in [1.807, 2.05) is 0 Å². The third-order valence-electron chi connectivity index (χ3n) is 16.9. The van der Waals surface area contributed by atoms with Crippen molar-refractivity contribution in [1.82, 2.24) is 0 Å². The van der Waals surface area contributed by atoms with Crippen LogP contribution in [0.5, 0.6) is 0 Å². The number of ether oxygens (including phenoxy) is 4. The minimum Gasteiger partial charge on any atom is -0.462 e. The van der Waals surface area contributed by atoms with E-state index in [1.54, 1.807) is 0 Å². The van der Waals surface area contributed by atoms with Crippen molar-refractivity contribution >= 4 is 39.5 Å². The van der Waals surface area contributed by atoms with Crippen LogP contribution in [-0.4, -0.2) is 96.7 Å². The first-order valence-corrected chi connectivity index (χ1v) is 43.8. The van der Waals surface area contributed by atoms with E-state index in [9.17, 15) is 43.2 Å². The topological polar surface area (TPSA) is 237 Å². The van der Waals surface area contributed by atoms with Crippen molar-refractivity contribution in [3.8, 4) is 0 Å². The number of phosphoric acid groups is 2. The summed E-state index contributed by atoms with van der Waals surface area (Å²) in [6, 6.07) is 0. The normalized spacial score (nSPS) is 14.5. The molecule has 5 atom stereocenters. The molecule has 0 aromatic heterocycles. The summed E-state index contributed by atoms with van der Waals surface area (Å²) in [7, 11) is -9.97. The van der Waals surface area contributed by atoms with Gasteiger partial charge in [0.2, 0.25) is 0 Å². The highest BCUT2D eigenvalue weighted by atomic mass is 31.2. The zero-order chi connectivity index (χ0) is 76.0. The summed E-state index contributed by atoms with van der Waals surface area (Å²) < 4.78 is 68.6. The van der Waals surface area contributed by atoms with Crippen molar-refractivity contribution in [2.45, 2.75) is 354 Å². The Morgan fingerprint density at radius 3 is 0.808 bits per heavy atom. The fraction of sp³-hybridized carbons (Fsp3) is 0.718. The van der Waals surface area contributed by atoms with Crippen molar-refractivity contribution < 1.29 is 80.2 Å². The lowest BCUT2D eigenvalue weighted by molar-refractivity contribution is -0.161. The van der Waals surface area contributed by atoms with E-state index in [-0.39, 0.29) is 25.7 Å². The molecule has 0 bridgehead atoms. The van der Waals surface area contributed by atoms with E-state index in [2.05, 4.69) is 149 Å². The highest BCUT2D eigenvalue weighted by molar-refractivity contribution is 7.47. The van der Waals surface area contributed by atoms with E-state index < -0.39 is 97.5 Å². The van der Waals surface area contributed by atoms with Crippen LogP contribution < -0.4 is 0 Å². The molecule has 0 rings (SSSR count). The summed E-state index contributed by atoms with van der Waals surface area (Å²) in [5.74, 6) is -2.22. The van der Waals surface area contributed by atoms with Gasteiger partial charge >= 0.3 is 39.5 Å². The summed E-state index contributed by atoms with van der Waals surface area (Å²) in [5, 5.41) is 10.6. The van der Waals surface area contributed by atoms with Crippen LogP contribution in [0.2, 0.25) is 0 Å². The number of hydrogen-bond donors (Lipinski definition) is 3. The highest BCUT2D eigenvalue weighted by Gasteiger charge is 2.30. The number of carbonyl (C=O) groups excluding carboxylic acids is 4. The average Bonchev–Trinajstić information content (AvgIpc) is 0.928. The van der Waals surface area contributed by atoms with Crippen molar-refractivity contribution in [1.29, 1.82) is 0 Å². The summed E-state index contributed by atoms with van der Waals surface area (Å²) in [6.07, 6.45) is 84.6. The van der Waals surface area contributed by atoms with Gasteiger partial charge < -0.3 is 33.8 Å². The van der Waals surface area contributed by atoms with Gasteiger partial charge in [0.05, 0.1) is 26.4 Å². The first-order chi connectivity index (χ1) is 50.7. The molecule has 0 aliphatic heterocycles. The van der Waals surface area contributed by atoms with E-state index in [0.29, 0.717) is 25.7 Å². The van der Waals surface area contributed by atoms with E-state index in [1.165, 1.54) is 51.4 Å². The van der Waals surface area contributed by atoms with Gasteiger partial charge in [-0.05, 0) is 154 Å². The number of aliphatic hydroxyl groups excluding tert-OH is 1. The van der Waals surface area contributed by atoms with E-state index in [4.69, 9.17) is 37.0 Å². The Hall–Kier alpha value is -4.54. The van der Waals surface area contributed by atoms with Gasteiger partial charge in [0.15, 0.2) is 12.2 Å². The van der Waals surface area contributed by atoms with Gasteiger partial charge in [0.1, 0.15) is 19.3 Å². The molecule has 0 saturated heterocycles. The van der Waals surface area contributed by atoms with Crippen LogP contribution >= 0.6 is 15.6 Å². The summed E-state index contributed by atoms with van der Waals surface area (Å²) in [6.45, 7) is 4.63. The predicted octanol–water partition coefficient (Wildman–Crippen LogP) is 23.9. The van der Waals surface area contributed by atoms with Crippen LogP contribution in [-0.2, 0) is 65.4 Å². The predicted molar refractivity (Wildman–Crippen MR) is 427 cm³/mol. The third kappa shape index (κ3) is 75.7. The smallest absolute Gasteiger partial charge is 0.462 e. The van der Waals surface area contributed by atoms with Gasteiger partial charge in [0, 0.05) is 25.7 Å². The number of hydrogen-bond acceptors (Lipinski definition) is 15. The Kier molecular flexibility index (Phi) is 73.3. The van der Waals surface area contributed by atoms with Gasteiger partial charge in [-0.3, -0.25) is 37.3 Å². The lowest BCUT2D eigenvalue weighted by Gasteiger charge is -2.21. The molecule has 3 N–H and O–H groups in total. The monoisotopic (exact) mass is 1500 g/mol. The minimum atomic E-state index is -4.99. The number of phosphoric ester groups is 2. The Morgan fingerprint density at radius 2 is 0.510 bits per heavy atom. The fourth-order valence-electron chi connectivity index (χ4n) is 10.6. The lowest BCUT2D eigenvalue weighted by Crippen LogP contribution is -2.30. The summed E-state index contributed by atoms with van der Waals surface area (Å²) >= 11 is 0. The maximum absolute atomic E-state index is 13.1. The molecule has 0 aromatic carbocycles. The second-order valence-corrected chi connectivity index (χ2v) is 29.9. The molecule has 598 valence electrons. The lowest BCUT2D eigenvalue weighted by atomic mass is 10.1. The number of rotatable bonds is 76. The fourth-order valence-corrected chi connectivity index (χ4v) is 12.2. The van der Waals surface area contributed by atoms with Crippen molar-refractivity contribution in [2.75, 3.05) is 39.6 Å². The highest BCUT2D eigenvalue weighted by Crippen LogP contribution is 2.45. The molecule has 0 aliphatic carbocycles. The molecule has 17 nitrogen and oxygen atoms in total. The largest absolute Gasteiger partial charge is 0.472 e. The first kappa shape index (κ1) is 99.5. The van der Waals surface area contributed by atoms with Crippen molar-refractivity contribution in [3.63, 3.8) is 0 Å². The molecular weight excluding hydrogens is 1350 g/mol. The van der Waals surface area contributed by atoms with Crippen LogP contribution in [0.15, 0.2) is 122 Å². The summed E-state index contributed by atoms with van der Waals surface area (Å²) in [4.78, 5) is 73.0. The molecule has 19 heteroatoms. The van der Waals surface area contributed by atoms with Gasteiger partial charge in [-0.2, -0.15) is 0 Å². The van der Waals surface area contributed by atoms with Crippen LogP contribution in [0.1, 0.15) is 336 Å². The maximum Gasteiger partial charge on any atom is 0.472 e. The minimum absolute atomic E-state index is 0.0752. The average molecular weight is 1500 g/mol. The Balaban J connectivity index is 5.37. The standard InChI is InChI=1S/C85H146O17P2/c1-5-9-13-17-21-25-29-32-35-37-39-41-44-47-51-54-58-62-66-70-83(88)96-76-81(102-85(90)72-68-64-60-56-52-48-45-42-40-38-36-33-30-26-22-18-14-10-6-2)78-100-104(93,94)98-74-79(86)73-97-103(91,92)99-77-80(101-84(89)71-67-63-59-55-49-28-24-20-16-12-8-4)75-95-82(87)69-65-61-57-53-50-46-43-34-31-27-23-19-15-11-7-3/h11,15,20-27,32-36,39-43,79-81,86H,5-10,12-14,16-19,28-31,37-38,44-78H2,1-4H3,(H,91,92)(H,93,94)/b15-11-,24-20-,25-21-,26-22-,27-23-,35-32-,36-33-,41-39-,42-40-,43-34-. The molecule has 0 heterocycles. The van der Waals surface area contributed by atoms with Crippen molar-refractivity contribution in [2.24, 2.45) is 0 Å². The van der Waals surface area contributed by atoms with E-state index >= 15 is 0 Å². The molecule has 0 aliphatic rings. The van der Waals surface area contributed by atoms with Crippen LogP contribution in [0.4, 0.5) is 0 Å². The molecule has 0 aromatic rings. The number of esters is 4. The molecule has 104 heavy (non-hydrogen) atoms. The second-order valence-electron chi connectivity index (χ2n) is 27.0. The van der Waals surface area contributed by atoms with Gasteiger partial charge in [-0.15, -0.1) is 0 Å². The van der Waals surface area contributed by atoms with Crippen molar-refractivity contribution in [3.05, 3.63) is 122 Å². The molecule has 5 unspecified atom stereocenters. The SMILES string of the molecule is CC/C=C\C/C=C\C/C=C\CCCCCCCC(=O)OCC(COP(=O)(O)OCC(O)COP(=O)(O)OCC(COC(=O)CCCCCCCC/C=C\C/C=C\C/C=C\CCCCC)OC(=O)CCCCCCCC/C=C\C/C=C\C/C=C\CCCCC)OC(=O)CCCCCCC/C=C\CCCC. The third-order valence-corrected chi connectivity index (χ3v) is 18.8. The second kappa shape index (κ2) is 76.6. The molecule has 0 saturated carbocycles. The van der Waals surface area contributed by atoms with Crippen LogP contribution in [0.25, 0.3) is 0 Å². The maximum atomic E-state index is 13.1. The Labute approximate surface area is 632 Å². The van der Waals surface area contributed by atoms with Crippen LogP contribution in [0, 0.1) is 0 Å². The van der Waals surface area contributed by atoms with Gasteiger partial charge in [0.25, 0.3) is 0 Å².